The summed E-state index contributed by atoms with van der Waals surface area (Å²) >= 11 is 1.16. The molecule has 0 aliphatic carbocycles. The van der Waals surface area contributed by atoms with Crippen molar-refractivity contribution < 1.29 is 31.1 Å². The molecule has 0 saturated carbocycles. The third kappa shape index (κ3) is 5.69. The van der Waals surface area contributed by atoms with E-state index in [1.165, 1.54) is 0 Å². The minimum atomic E-state index is -5.06. The standard InChI is InChI=1S/C24H20F6N4OS/c1-2-15-4-5-19-20(10-15)36-22(32-19)34(8-3-7-33-9-6-31-14-33)21(35)16-11-17(23(25,26)27)13-18(12-16)24(28,29)30/h4-6,9-14H,2-3,7-8H2,1H3. The van der Waals surface area contributed by atoms with Gasteiger partial charge in [0.05, 0.1) is 27.7 Å². The Labute approximate surface area is 206 Å². The molecule has 2 aromatic heterocycles. The van der Waals surface area contributed by atoms with E-state index in [0.29, 0.717) is 30.6 Å². The topological polar surface area (TPSA) is 51.0 Å². The number of aromatic nitrogens is 3. The second-order valence-electron chi connectivity index (χ2n) is 8.06. The van der Waals surface area contributed by atoms with Gasteiger partial charge in [-0.1, -0.05) is 24.3 Å². The van der Waals surface area contributed by atoms with E-state index in [9.17, 15) is 31.1 Å². The Morgan fingerprint density at radius 3 is 2.31 bits per heavy atom. The first-order chi connectivity index (χ1) is 17.0. The van der Waals surface area contributed by atoms with Crippen molar-refractivity contribution in [3.05, 3.63) is 77.4 Å². The zero-order chi connectivity index (χ0) is 26.1. The number of hydrogen-bond acceptors (Lipinski definition) is 4. The maximum absolute atomic E-state index is 13.4. The lowest BCUT2D eigenvalue weighted by Crippen LogP contribution is -2.33. The molecule has 12 heteroatoms. The molecule has 2 aromatic carbocycles. The van der Waals surface area contributed by atoms with E-state index in [4.69, 9.17) is 0 Å². The van der Waals surface area contributed by atoms with Gasteiger partial charge in [0.2, 0.25) is 0 Å². The zero-order valence-electron chi connectivity index (χ0n) is 18.9. The van der Waals surface area contributed by atoms with Crippen LogP contribution in [0.3, 0.4) is 0 Å². The molecule has 4 aromatic rings. The first-order valence-electron chi connectivity index (χ1n) is 10.9. The predicted octanol–water partition coefficient (Wildman–Crippen LogP) is 6.83. The van der Waals surface area contributed by atoms with Crippen LogP contribution in [0.25, 0.3) is 10.2 Å². The smallest absolute Gasteiger partial charge is 0.337 e. The molecule has 0 atom stereocenters. The molecular weight excluding hydrogens is 506 g/mol. The van der Waals surface area contributed by atoms with Gasteiger partial charge in [0.25, 0.3) is 5.91 Å². The molecule has 1 amide bonds. The summed E-state index contributed by atoms with van der Waals surface area (Å²) in [5.74, 6) is -0.994. The van der Waals surface area contributed by atoms with Crippen LogP contribution in [0, 0.1) is 0 Å². The summed E-state index contributed by atoms with van der Waals surface area (Å²) in [5.41, 5.74) is -2.19. The number of hydrogen-bond donors (Lipinski definition) is 0. The Hall–Kier alpha value is -3.41. The molecule has 5 nitrogen and oxygen atoms in total. The van der Waals surface area contributed by atoms with Crippen LogP contribution in [-0.2, 0) is 25.3 Å². The summed E-state index contributed by atoms with van der Waals surface area (Å²) < 4.78 is 82.8. The summed E-state index contributed by atoms with van der Waals surface area (Å²) in [6.07, 6.45) is -4.14. The fourth-order valence-electron chi connectivity index (χ4n) is 3.64. The average Bonchev–Trinajstić information content (AvgIpc) is 3.49. The van der Waals surface area contributed by atoms with Crippen molar-refractivity contribution in [2.24, 2.45) is 0 Å². The average molecular weight is 527 g/mol. The zero-order valence-corrected chi connectivity index (χ0v) is 19.7. The molecule has 0 spiro atoms. The van der Waals surface area contributed by atoms with Crippen LogP contribution in [0.5, 0.6) is 0 Å². The van der Waals surface area contributed by atoms with Gasteiger partial charge in [-0.3, -0.25) is 9.69 Å². The Kier molecular flexibility index (Phi) is 7.07. The van der Waals surface area contributed by atoms with Crippen molar-refractivity contribution >= 4 is 32.6 Å². The summed E-state index contributed by atoms with van der Waals surface area (Å²) in [4.78, 5) is 23.0. The molecule has 0 radical (unpaired) electrons. The fraction of sp³-hybridized carbons (Fsp3) is 0.292. The Morgan fingerprint density at radius 1 is 1.03 bits per heavy atom. The Bertz CT molecular complexity index is 1330. The third-order valence-electron chi connectivity index (χ3n) is 5.52. The number of aryl methyl sites for hydroxylation is 2. The number of amides is 1. The van der Waals surface area contributed by atoms with Gasteiger partial charge in [0.1, 0.15) is 0 Å². The summed E-state index contributed by atoms with van der Waals surface area (Å²) in [6, 6.07) is 6.44. The quantitative estimate of drug-likeness (QED) is 0.248. The molecule has 0 fully saturated rings. The monoisotopic (exact) mass is 526 g/mol. The second-order valence-corrected chi connectivity index (χ2v) is 9.07. The van der Waals surface area contributed by atoms with Gasteiger partial charge in [-0.05, 0) is 48.7 Å². The normalized spacial score (nSPS) is 12.3. The largest absolute Gasteiger partial charge is 0.416 e. The van der Waals surface area contributed by atoms with Crippen LogP contribution < -0.4 is 4.90 Å². The van der Waals surface area contributed by atoms with Gasteiger partial charge in [-0.15, -0.1) is 0 Å². The van der Waals surface area contributed by atoms with E-state index in [1.807, 2.05) is 19.1 Å². The van der Waals surface area contributed by atoms with Crippen LogP contribution in [-0.4, -0.2) is 27.0 Å². The van der Waals surface area contributed by atoms with E-state index in [1.54, 1.807) is 29.4 Å². The van der Waals surface area contributed by atoms with Gasteiger partial charge in [0.15, 0.2) is 5.13 Å². The number of fused-ring (bicyclic) bond motifs is 1. The maximum atomic E-state index is 13.4. The van der Waals surface area contributed by atoms with Gasteiger partial charge in [-0.2, -0.15) is 26.3 Å². The van der Waals surface area contributed by atoms with Crippen molar-refractivity contribution in [1.29, 1.82) is 0 Å². The van der Waals surface area contributed by atoms with Crippen LogP contribution in [0.2, 0.25) is 0 Å². The predicted molar refractivity (Wildman–Crippen MR) is 124 cm³/mol. The molecule has 0 bridgehead atoms. The first-order valence-corrected chi connectivity index (χ1v) is 11.7. The number of anilines is 1. The van der Waals surface area contributed by atoms with Crippen molar-refractivity contribution in [3.8, 4) is 0 Å². The van der Waals surface area contributed by atoms with E-state index in [-0.39, 0.29) is 17.7 Å². The Morgan fingerprint density at radius 2 is 1.72 bits per heavy atom. The van der Waals surface area contributed by atoms with Gasteiger partial charge in [0, 0.05) is 31.0 Å². The minimum absolute atomic E-state index is 0.00410. The molecule has 0 N–H and O–H groups in total. The fourth-order valence-corrected chi connectivity index (χ4v) is 4.69. The number of halogens is 6. The van der Waals surface area contributed by atoms with Crippen molar-refractivity contribution in [3.63, 3.8) is 0 Å². The molecule has 0 aliphatic heterocycles. The minimum Gasteiger partial charge on any atom is -0.337 e. The highest BCUT2D eigenvalue weighted by molar-refractivity contribution is 7.22. The SMILES string of the molecule is CCc1ccc2nc(N(CCCn3ccnc3)C(=O)c3cc(C(F)(F)F)cc(C(F)(F)F)c3)sc2c1. The molecule has 36 heavy (non-hydrogen) atoms. The summed E-state index contributed by atoms with van der Waals surface area (Å²) in [5, 5.41) is 0.194. The molecule has 2 heterocycles. The molecule has 4 rings (SSSR count). The summed E-state index contributed by atoms with van der Waals surface area (Å²) in [6.45, 7) is 2.43. The number of benzene rings is 2. The highest BCUT2D eigenvalue weighted by Gasteiger charge is 2.38. The molecule has 190 valence electrons. The van der Waals surface area contributed by atoms with Gasteiger partial charge in [-0.25, -0.2) is 9.97 Å². The number of carbonyl (C=O) groups is 1. The van der Waals surface area contributed by atoms with Crippen LogP contribution in [0.1, 0.15) is 40.4 Å². The third-order valence-corrected chi connectivity index (χ3v) is 6.56. The number of rotatable bonds is 7. The molecule has 0 unspecified atom stereocenters. The summed E-state index contributed by atoms with van der Waals surface area (Å²) in [7, 11) is 0. The van der Waals surface area contributed by atoms with E-state index < -0.39 is 35.0 Å². The number of nitrogens with zero attached hydrogens (tertiary/aromatic N) is 4. The lowest BCUT2D eigenvalue weighted by Gasteiger charge is -2.21. The van der Waals surface area contributed by atoms with Crippen LogP contribution in [0.4, 0.5) is 31.5 Å². The number of imidazole rings is 1. The van der Waals surface area contributed by atoms with E-state index >= 15 is 0 Å². The van der Waals surface area contributed by atoms with Gasteiger partial charge < -0.3 is 4.57 Å². The van der Waals surface area contributed by atoms with Crippen LogP contribution in [0.15, 0.2) is 55.1 Å². The maximum Gasteiger partial charge on any atom is 0.416 e. The number of alkyl halides is 6. The van der Waals surface area contributed by atoms with E-state index in [2.05, 4.69) is 9.97 Å². The van der Waals surface area contributed by atoms with Crippen molar-refractivity contribution in [2.75, 3.05) is 11.4 Å². The van der Waals surface area contributed by atoms with Gasteiger partial charge >= 0.3 is 12.4 Å². The molecule has 0 saturated heterocycles. The lowest BCUT2D eigenvalue weighted by molar-refractivity contribution is -0.143. The molecular formula is C24H20F6N4OS. The number of thiazole rings is 1. The van der Waals surface area contributed by atoms with Crippen LogP contribution >= 0.6 is 11.3 Å². The first kappa shape index (κ1) is 25.7. The van der Waals surface area contributed by atoms with E-state index in [0.717, 1.165) is 32.9 Å². The highest BCUT2D eigenvalue weighted by atomic mass is 32.1. The van der Waals surface area contributed by atoms with Crippen molar-refractivity contribution in [1.82, 2.24) is 14.5 Å². The Balaban J connectivity index is 1.75. The number of carbonyl (C=O) groups excluding carboxylic acids is 1. The van der Waals surface area contributed by atoms with Crippen molar-refractivity contribution in [2.45, 2.75) is 38.7 Å². The second kappa shape index (κ2) is 9.92. The highest BCUT2D eigenvalue weighted by Crippen LogP contribution is 2.37. The lowest BCUT2D eigenvalue weighted by atomic mass is 10.0. The molecule has 0 aliphatic rings.